The molecule has 0 saturated heterocycles. The normalized spacial score (nSPS) is 10.9. The van der Waals surface area contributed by atoms with E-state index in [4.69, 9.17) is 9.26 Å². The molecule has 12 heteroatoms. The number of nitrogens with zero attached hydrogens (tertiary/aromatic N) is 5. The second-order valence-corrected chi connectivity index (χ2v) is 11.5. The fourth-order valence-electron chi connectivity index (χ4n) is 5.07. The number of aromatic nitrogens is 5. The lowest BCUT2D eigenvalue weighted by Gasteiger charge is -2.12. The minimum absolute atomic E-state index is 0.213. The summed E-state index contributed by atoms with van der Waals surface area (Å²) >= 11 is 0. The first kappa shape index (κ1) is 32.8. The molecule has 7 aromatic rings. The number of hydrogen-bond donors (Lipinski definition) is 3. The van der Waals surface area contributed by atoms with Crippen LogP contribution >= 0.6 is 0 Å². The van der Waals surface area contributed by atoms with E-state index in [0.717, 1.165) is 35.4 Å². The Morgan fingerprint density at radius 3 is 1.67 bits per heavy atom. The number of hydrogen-bond acceptors (Lipinski definition) is 10. The lowest BCUT2D eigenvalue weighted by Crippen LogP contribution is -2.07. The molecule has 3 N–H and O–H groups in total. The van der Waals surface area contributed by atoms with Gasteiger partial charge in [0.25, 0.3) is 0 Å². The molecular formula is C39H32F2N8O2. The minimum atomic E-state index is -0.361. The first-order valence-corrected chi connectivity index (χ1v) is 16.3. The Hall–Kier alpha value is -6.69. The van der Waals surface area contributed by atoms with Gasteiger partial charge in [-0.05, 0) is 103 Å². The number of benzene rings is 4. The number of pyridine rings is 1. The smallest absolute Gasteiger partial charge is 0.233 e. The van der Waals surface area contributed by atoms with Gasteiger partial charge in [-0.15, -0.1) is 0 Å². The highest BCUT2D eigenvalue weighted by Crippen LogP contribution is 2.29. The molecule has 51 heavy (non-hydrogen) atoms. The van der Waals surface area contributed by atoms with E-state index in [9.17, 15) is 8.78 Å². The molecule has 0 atom stereocenters. The van der Waals surface area contributed by atoms with E-state index in [1.54, 1.807) is 24.3 Å². The van der Waals surface area contributed by atoms with Gasteiger partial charge in [0.1, 0.15) is 23.1 Å². The van der Waals surface area contributed by atoms with Gasteiger partial charge in [0.15, 0.2) is 5.76 Å². The summed E-state index contributed by atoms with van der Waals surface area (Å²) in [6.07, 6.45) is 3.61. The third kappa shape index (κ3) is 8.67. The van der Waals surface area contributed by atoms with E-state index in [-0.39, 0.29) is 29.5 Å². The van der Waals surface area contributed by atoms with Gasteiger partial charge in [-0.25, -0.2) is 8.78 Å². The molecule has 0 aliphatic carbocycles. The van der Waals surface area contributed by atoms with Gasteiger partial charge in [0.2, 0.25) is 17.8 Å². The summed E-state index contributed by atoms with van der Waals surface area (Å²) in [6.45, 7) is 2.64. The SMILES string of the molecule is CCc1ccc(CCOc2ccc(-c3cc(-c4ccc(Nc5nc(Nc6ccc(F)cc6)nc(Nc6ccc(F)cc6)n5)cc4)no3)cc2)nc1. The van der Waals surface area contributed by atoms with Gasteiger partial charge in [-0.2, -0.15) is 15.0 Å². The van der Waals surface area contributed by atoms with E-state index >= 15 is 0 Å². The van der Waals surface area contributed by atoms with E-state index in [0.29, 0.717) is 35.1 Å². The van der Waals surface area contributed by atoms with Gasteiger partial charge < -0.3 is 25.2 Å². The summed E-state index contributed by atoms with van der Waals surface area (Å²) < 4.78 is 38.5. The maximum atomic E-state index is 13.5. The Labute approximate surface area is 292 Å². The van der Waals surface area contributed by atoms with Crippen molar-refractivity contribution in [2.24, 2.45) is 0 Å². The van der Waals surface area contributed by atoms with Crippen LogP contribution in [-0.4, -0.2) is 31.7 Å². The Morgan fingerprint density at radius 1 is 0.627 bits per heavy atom. The van der Waals surface area contributed by atoms with Crippen molar-refractivity contribution in [2.45, 2.75) is 19.8 Å². The van der Waals surface area contributed by atoms with Crippen molar-refractivity contribution in [1.82, 2.24) is 25.1 Å². The molecule has 3 heterocycles. The monoisotopic (exact) mass is 682 g/mol. The van der Waals surface area contributed by atoms with Crippen molar-refractivity contribution in [3.63, 3.8) is 0 Å². The van der Waals surface area contributed by atoms with Gasteiger partial charge in [0, 0.05) is 52.6 Å². The predicted molar refractivity (Wildman–Crippen MR) is 193 cm³/mol. The zero-order valence-electron chi connectivity index (χ0n) is 27.5. The fraction of sp³-hybridized carbons (Fsp3) is 0.103. The van der Waals surface area contributed by atoms with E-state index in [1.165, 1.54) is 29.8 Å². The van der Waals surface area contributed by atoms with Gasteiger partial charge in [-0.1, -0.05) is 30.3 Å². The van der Waals surface area contributed by atoms with Crippen LogP contribution in [-0.2, 0) is 12.8 Å². The molecule has 4 aromatic carbocycles. The molecule has 0 fully saturated rings. The summed E-state index contributed by atoms with van der Waals surface area (Å²) in [5.74, 6) is 1.34. The Balaban J connectivity index is 1.00. The minimum Gasteiger partial charge on any atom is -0.493 e. The highest BCUT2D eigenvalue weighted by atomic mass is 19.1. The van der Waals surface area contributed by atoms with Crippen LogP contribution in [0, 0.1) is 11.6 Å². The Kier molecular flexibility index (Phi) is 9.82. The highest BCUT2D eigenvalue weighted by Gasteiger charge is 2.12. The van der Waals surface area contributed by atoms with Crippen molar-refractivity contribution in [3.8, 4) is 28.3 Å². The fourth-order valence-corrected chi connectivity index (χ4v) is 5.07. The molecule has 0 unspecified atom stereocenters. The molecule has 10 nitrogen and oxygen atoms in total. The number of ether oxygens (including phenoxy) is 1. The number of halogens is 2. The van der Waals surface area contributed by atoms with Crippen LogP contribution in [0.3, 0.4) is 0 Å². The zero-order chi connectivity index (χ0) is 35.0. The van der Waals surface area contributed by atoms with E-state index in [1.807, 2.05) is 66.9 Å². The average Bonchev–Trinajstić information content (AvgIpc) is 3.65. The maximum Gasteiger partial charge on any atom is 0.233 e. The van der Waals surface area contributed by atoms with Crippen LogP contribution in [0.15, 0.2) is 126 Å². The van der Waals surface area contributed by atoms with Crippen LogP contribution in [0.4, 0.5) is 43.7 Å². The lowest BCUT2D eigenvalue weighted by molar-refractivity contribution is 0.320. The van der Waals surface area contributed by atoms with Crippen LogP contribution in [0.2, 0.25) is 0 Å². The quantitative estimate of drug-likeness (QED) is 0.108. The molecule has 254 valence electrons. The topological polar surface area (TPSA) is 123 Å². The molecule has 0 spiro atoms. The summed E-state index contributed by atoms with van der Waals surface area (Å²) in [7, 11) is 0. The molecule has 3 aromatic heterocycles. The van der Waals surface area contributed by atoms with E-state index < -0.39 is 0 Å². The molecular weight excluding hydrogens is 650 g/mol. The summed E-state index contributed by atoms with van der Waals surface area (Å²) in [4.78, 5) is 17.9. The third-order valence-electron chi connectivity index (χ3n) is 7.84. The van der Waals surface area contributed by atoms with Gasteiger partial charge >= 0.3 is 0 Å². The lowest BCUT2D eigenvalue weighted by atomic mass is 10.1. The van der Waals surface area contributed by atoms with Crippen molar-refractivity contribution in [3.05, 3.63) is 144 Å². The number of anilines is 6. The standard InChI is InChI=1S/C39H32F2N8O2/c1-2-25-3-12-30(42-24-25)21-22-50-34-19-6-27(7-20-34)36-23-35(49-51-36)26-4-13-31(14-5-26)43-37-46-38(44-32-15-8-28(40)9-16-32)48-39(47-37)45-33-17-10-29(41)11-18-33/h3-20,23-24H,2,21-22H2,1H3,(H3,43,44,45,46,47,48). The summed E-state index contributed by atoms with van der Waals surface area (Å²) in [5, 5.41) is 13.6. The second-order valence-electron chi connectivity index (χ2n) is 11.5. The van der Waals surface area contributed by atoms with Crippen molar-refractivity contribution >= 4 is 34.9 Å². The Morgan fingerprint density at radius 2 is 1.16 bits per heavy atom. The predicted octanol–water partition coefficient (Wildman–Crippen LogP) is 9.28. The summed E-state index contributed by atoms with van der Waals surface area (Å²) in [6, 6.07) is 32.9. The third-order valence-corrected chi connectivity index (χ3v) is 7.84. The highest BCUT2D eigenvalue weighted by molar-refractivity contribution is 5.70. The zero-order valence-corrected chi connectivity index (χ0v) is 27.5. The molecule has 0 aliphatic heterocycles. The average molecular weight is 683 g/mol. The maximum absolute atomic E-state index is 13.5. The molecule has 0 bridgehead atoms. The van der Waals surface area contributed by atoms with Crippen LogP contribution < -0.4 is 20.7 Å². The van der Waals surface area contributed by atoms with Gasteiger partial charge in [-0.3, -0.25) is 4.98 Å². The van der Waals surface area contributed by atoms with Crippen molar-refractivity contribution < 1.29 is 18.0 Å². The molecule has 0 saturated carbocycles. The first-order valence-electron chi connectivity index (χ1n) is 16.3. The number of aryl methyl sites for hydroxylation is 1. The molecule has 7 rings (SSSR count). The second kappa shape index (κ2) is 15.2. The van der Waals surface area contributed by atoms with Crippen molar-refractivity contribution in [2.75, 3.05) is 22.6 Å². The van der Waals surface area contributed by atoms with E-state index in [2.05, 4.69) is 54.0 Å². The Bertz CT molecular complexity index is 2130. The van der Waals surface area contributed by atoms with Gasteiger partial charge in [0.05, 0.1) is 6.61 Å². The first-order chi connectivity index (χ1) is 25.0. The number of rotatable bonds is 13. The molecule has 0 aliphatic rings. The largest absolute Gasteiger partial charge is 0.493 e. The van der Waals surface area contributed by atoms with Crippen LogP contribution in [0.25, 0.3) is 22.6 Å². The molecule has 0 radical (unpaired) electrons. The number of nitrogens with one attached hydrogen (secondary N) is 3. The molecule has 0 amide bonds. The summed E-state index contributed by atoms with van der Waals surface area (Å²) in [5.41, 5.74) is 6.51. The van der Waals surface area contributed by atoms with Crippen molar-refractivity contribution in [1.29, 1.82) is 0 Å². The van der Waals surface area contributed by atoms with Crippen LogP contribution in [0.5, 0.6) is 5.75 Å². The van der Waals surface area contributed by atoms with Crippen LogP contribution in [0.1, 0.15) is 18.2 Å².